The number of hydrogen-bond donors (Lipinski definition) is 1. The molecule has 3 heteroatoms. The predicted molar refractivity (Wildman–Crippen MR) is 65.0 cm³/mol. The maximum Gasteiger partial charge on any atom is 0.239 e. The monoisotopic (exact) mass is 224 g/mol. The first-order valence-electron chi connectivity index (χ1n) is 6.67. The predicted octanol–water partition coefficient (Wildman–Crippen LogP) is 1.91. The Hall–Kier alpha value is -0.570. The molecule has 1 atom stereocenters. The maximum atomic E-state index is 11.8. The minimum absolute atomic E-state index is 0.130. The first-order chi connectivity index (χ1) is 7.63. The molecule has 0 bridgehead atoms. The molecule has 2 fully saturated rings. The third-order valence-corrected chi connectivity index (χ3v) is 4.44. The van der Waals surface area contributed by atoms with Gasteiger partial charge in [-0.25, -0.2) is 0 Å². The van der Waals surface area contributed by atoms with Gasteiger partial charge in [0, 0.05) is 13.1 Å². The second kappa shape index (κ2) is 4.74. The zero-order valence-corrected chi connectivity index (χ0v) is 10.4. The highest BCUT2D eigenvalue weighted by Crippen LogP contribution is 2.44. The van der Waals surface area contributed by atoms with E-state index in [0.29, 0.717) is 5.41 Å². The van der Waals surface area contributed by atoms with Crippen molar-refractivity contribution in [1.82, 2.24) is 4.90 Å². The van der Waals surface area contributed by atoms with Crippen LogP contribution in [0.5, 0.6) is 0 Å². The van der Waals surface area contributed by atoms with Gasteiger partial charge < -0.3 is 10.6 Å². The van der Waals surface area contributed by atoms with E-state index in [1.807, 2.05) is 4.90 Å². The molecule has 1 aliphatic carbocycles. The van der Waals surface area contributed by atoms with Crippen LogP contribution in [0.25, 0.3) is 0 Å². The zero-order valence-electron chi connectivity index (χ0n) is 10.4. The molecule has 2 rings (SSSR count). The molecule has 2 N–H and O–H groups in total. The van der Waals surface area contributed by atoms with Crippen molar-refractivity contribution in [2.24, 2.45) is 11.1 Å². The second-order valence-electron chi connectivity index (χ2n) is 5.67. The van der Waals surface area contributed by atoms with Crippen molar-refractivity contribution >= 4 is 5.91 Å². The average Bonchev–Trinajstić information content (AvgIpc) is 2.30. The maximum absolute atomic E-state index is 11.8. The molecule has 0 aromatic rings. The lowest BCUT2D eigenvalue weighted by Gasteiger charge is -2.44. The molecule has 0 aromatic carbocycles. The number of piperidine rings is 1. The SMILES string of the molecule is CC(N)C(=O)N1CCC2(CCCCC2)CC1. The van der Waals surface area contributed by atoms with Gasteiger partial charge in [0.25, 0.3) is 0 Å². The van der Waals surface area contributed by atoms with Gasteiger partial charge in [0.15, 0.2) is 0 Å². The van der Waals surface area contributed by atoms with Crippen LogP contribution >= 0.6 is 0 Å². The normalized spacial score (nSPS) is 26.8. The molecule has 0 radical (unpaired) electrons. The van der Waals surface area contributed by atoms with Gasteiger partial charge in [0.1, 0.15) is 0 Å². The minimum Gasteiger partial charge on any atom is -0.341 e. The van der Waals surface area contributed by atoms with Gasteiger partial charge in [0.2, 0.25) is 5.91 Å². The summed E-state index contributed by atoms with van der Waals surface area (Å²) in [4.78, 5) is 13.7. The Labute approximate surface area is 98.4 Å². The third-order valence-electron chi connectivity index (χ3n) is 4.44. The van der Waals surface area contributed by atoms with Crippen LogP contribution in [0.3, 0.4) is 0 Å². The van der Waals surface area contributed by atoms with Crippen LogP contribution in [0.2, 0.25) is 0 Å². The van der Waals surface area contributed by atoms with Gasteiger partial charge in [0.05, 0.1) is 6.04 Å². The quantitative estimate of drug-likeness (QED) is 0.739. The Bertz CT molecular complexity index is 247. The Balaban J connectivity index is 1.88. The molecule has 1 saturated carbocycles. The lowest BCUT2D eigenvalue weighted by molar-refractivity contribution is -0.134. The zero-order chi connectivity index (χ0) is 11.6. The first kappa shape index (κ1) is 11.9. The highest BCUT2D eigenvalue weighted by molar-refractivity contribution is 5.81. The standard InChI is InChI=1S/C13H24N2O/c1-11(14)12(16)15-9-7-13(8-10-15)5-3-2-4-6-13/h11H,2-10,14H2,1H3. The molecule has 16 heavy (non-hydrogen) atoms. The van der Waals surface area contributed by atoms with Gasteiger partial charge in [-0.2, -0.15) is 0 Å². The number of nitrogens with zero attached hydrogens (tertiary/aromatic N) is 1. The van der Waals surface area contributed by atoms with Gasteiger partial charge in [-0.15, -0.1) is 0 Å². The lowest BCUT2D eigenvalue weighted by Crippen LogP contribution is -2.48. The minimum atomic E-state index is -0.333. The number of carbonyl (C=O) groups is 1. The van der Waals surface area contributed by atoms with Crippen molar-refractivity contribution in [3.8, 4) is 0 Å². The van der Waals surface area contributed by atoms with Crippen molar-refractivity contribution in [1.29, 1.82) is 0 Å². The molecule has 1 amide bonds. The summed E-state index contributed by atoms with van der Waals surface area (Å²) in [6, 6.07) is -0.333. The lowest BCUT2D eigenvalue weighted by atomic mass is 9.68. The molecular weight excluding hydrogens is 200 g/mol. The van der Waals surface area contributed by atoms with Gasteiger partial charge in [-0.05, 0) is 38.0 Å². The van der Waals surface area contributed by atoms with E-state index in [4.69, 9.17) is 5.73 Å². The van der Waals surface area contributed by atoms with Gasteiger partial charge in [-0.3, -0.25) is 4.79 Å². The van der Waals surface area contributed by atoms with Crippen LogP contribution in [0.4, 0.5) is 0 Å². The summed E-state index contributed by atoms with van der Waals surface area (Å²) in [7, 11) is 0. The fraction of sp³-hybridized carbons (Fsp3) is 0.923. The second-order valence-corrected chi connectivity index (χ2v) is 5.67. The van der Waals surface area contributed by atoms with E-state index < -0.39 is 0 Å². The van der Waals surface area contributed by atoms with Gasteiger partial charge >= 0.3 is 0 Å². The molecule has 0 aromatic heterocycles. The summed E-state index contributed by atoms with van der Waals surface area (Å²) in [6.45, 7) is 3.65. The number of likely N-dealkylation sites (tertiary alicyclic amines) is 1. The first-order valence-corrected chi connectivity index (χ1v) is 6.67. The molecule has 1 spiro atoms. The summed E-state index contributed by atoms with van der Waals surface area (Å²) < 4.78 is 0. The Morgan fingerprint density at radius 3 is 2.19 bits per heavy atom. The fourth-order valence-electron chi connectivity index (χ4n) is 3.29. The molecule has 3 nitrogen and oxygen atoms in total. The molecular formula is C13H24N2O. The van der Waals surface area contributed by atoms with E-state index in [9.17, 15) is 4.79 Å². The van der Waals surface area contributed by atoms with Crippen molar-refractivity contribution in [2.45, 2.75) is 57.9 Å². The average molecular weight is 224 g/mol. The van der Waals surface area contributed by atoms with E-state index >= 15 is 0 Å². The molecule has 92 valence electrons. The van der Waals surface area contributed by atoms with Crippen LogP contribution in [-0.2, 0) is 4.79 Å². The summed E-state index contributed by atoms with van der Waals surface area (Å²) in [5, 5.41) is 0. The fourth-order valence-corrected chi connectivity index (χ4v) is 3.29. The Morgan fingerprint density at radius 2 is 1.69 bits per heavy atom. The molecule has 1 saturated heterocycles. The van der Waals surface area contributed by atoms with E-state index in [1.165, 1.54) is 44.9 Å². The summed E-state index contributed by atoms with van der Waals surface area (Å²) in [5.41, 5.74) is 6.22. The Morgan fingerprint density at radius 1 is 1.12 bits per heavy atom. The largest absolute Gasteiger partial charge is 0.341 e. The van der Waals surface area contributed by atoms with Crippen LogP contribution in [0, 0.1) is 5.41 Å². The number of amides is 1. The summed E-state index contributed by atoms with van der Waals surface area (Å²) in [5.74, 6) is 0.130. The van der Waals surface area contributed by atoms with Crippen molar-refractivity contribution in [3.63, 3.8) is 0 Å². The molecule has 1 unspecified atom stereocenters. The number of nitrogens with two attached hydrogens (primary N) is 1. The topological polar surface area (TPSA) is 46.3 Å². The molecule has 1 heterocycles. The highest BCUT2D eigenvalue weighted by Gasteiger charge is 2.36. The smallest absolute Gasteiger partial charge is 0.239 e. The number of rotatable bonds is 1. The van der Waals surface area contributed by atoms with Crippen LogP contribution < -0.4 is 5.73 Å². The number of hydrogen-bond acceptors (Lipinski definition) is 2. The summed E-state index contributed by atoms with van der Waals surface area (Å²) in [6.07, 6.45) is 9.35. The summed E-state index contributed by atoms with van der Waals surface area (Å²) >= 11 is 0. The molecule has 2 aliphatic rings. The van der Waals surface area contributed by atoms with Crippen molar-refractivity contribution in [3.05, 3.63) is 0 Å². The van der Waals surface area contributed by atoms with E-state index in [-0.39, 0.29) is 11.9 Å². The Kier molecular flexibility index (Phi) is 3.53. The van der Waals surface area contributed by atoms with E-state index in [0.717, 1.165) is 13.1 Å². The highest BCUT2D eigenvalue weighted by atomic mass is 16.2. The van der Waals surface area contributed by atoms with Crippen LogP contribution in [0.1, 0.15) is 51.9 Å². The van der Waals surface area contributed by atoms with Crippen LogP contribution in [-0.4, -0.2) is 29.9 Å². The van der Waals surface area contributed by atoms with Crippen molar-refractivity contribution in [2.75, 3.05) is 13.1 Å². The van der Waals surface area contributed by atoms with Gasteiger partial charge in [-0.1, -0.05) is 19.3 Å². The van der Waals surface area contributed by atoms with Crippen molar-refractivity contribution < 1.29 is 4.79 Å². The van der Waals surface area contributed by atoms with Crippen LogP contribution in [0.15, 0.2) is 0 Å². The molecule has 1 aliphatic heterocycles. The van der Waals surface area contributed by atoms with E-state index in [2.05, 4.69) is 0 Å². The van der Waals surface area contributed by atoms with E-state index in [1.54, 1.807) is 6.92 Å². The third kappa shape index (κ3) is 2.40. The number of carbonyl (C=O) groups excluding carboxylic acids is 1.